The van der Waals surface area contributed by atoms with E-state index in [4.69, 9.17) is 0 Å². The van der Waals surface area contributed by atoms with Crippen LogP contribution in [0.25, 0.3) is 0 Å². The Morgan fingerprint density at radius 1 is 0.481 bits per heavy atom. The SMILES string of the molecule is Oc1ccccc1C1(c2ccccc2O)CCCCCCCCCCCC1. The number of hydrogen-bond acceptors (Lipinski definition) is 2. The van der Waals surface area contributed by atoms with E-state index in [-0.39, 0.29) is 5.41 Å². The molecule has 0 atom stereocenters. The van der Waals surface area contributed by atoms with Crippen molar-refractivity contribution in [3.05, 3.63) is 59.7 Å². The molecule has 0 radical (unpaired) electrons. The minimum absolute atomic E-state index is 0.315. The number of rotatable bonds is 2. The molecule has 0 aromatic heterocycles. The molecule has 2 aromatic carbocycles. The van der Waals surface area contributed by atoms with Gasteiger partial charge in [-0.15, -0.1) is 0 Å². The Kier molecular flexibility index (Phi) is 7.20. The lowest BCUT2D eigenvalue weighted by atomic mass is 9.67. The maximum atomic E-state index is 10.7. The molecule has 3 rings (SSSR count). The second kappa shape index (κ2) is 9.82. The Hall–Kier alpha value is -1.96. The Labute approximate surface area is 164 Å². The van der Waals surface area contributed by atoms with Crippen LogP contribution in [0.1, 0.15) is 88.2 Å². The van der Waals surface area contributed by atoms with Crippen LogP contribution in [0.3, 0.4) is 0 Å². The summed E-state index contributed by atoms with van der Waals surface area (Å²) in [5, 5.41) is 21.5. The molecule has 2 aromatic rings. The van der Waals surface area contributed by atoms with Gasteiger partial charge < -0.3 is 10.2 Å². The van der Waals surface area contributed by atoms with Gasteiger partial charge >= 0.3 is 0 Å². The Morgan fingerprint density at radius 2 is 0.815 bits per heavy atom. The zero-order valence-electron chi connectivity index (χ0n) is 16.5. The molecule has 2 heteroatoms. The van der Waals surface area contributed by atoms with Crippen LogP contribution in [-0.4, -0.2) is 10.2 Å². The van der Waals surface area contributed by atoms with Crippen molar-refractivity contribution in [1.82, 2.24) is 0 Å². The standard InChI is InChI=1S/C25H34O2/c26-23-17-11-9-15-21(23)25(22-16-10-12-18-24(22)27)19-13-7-5-3-1-2-4-6-8-14-20-25/h9-12,15-18,26-27H,1-8,13-14,19-20H2. The van der Waals surface area contributed by atoms with Crippen LogP contribution < -0.4 is 0 Å². The molecule has 0 unspecified atom stereocenters. The molecule has 0 saturated heterocycles. The molecule has 0 bridgehead atoms. The molecular weight excluding hydrogens is 332 g/mol. The number of phenolic OH excluding ortho intramolecular Hbond substituents is 2. The van der Waals surface area contributed by atoms with Crippen molar-refractivity contribution in [1.29, 1.82) is 0 Å². The highest BCUT2D eigenvalue weighted by atomic mass is 16.3. The molecular formula is C25H34O2. The van der Waals surface area contributed by atoms with Gasteiger partial charge in [0.15, 0.2) is 0 Å². The van der Waals surface area contributed by atoms with Gasteiger partial charge in [-0.2, -0.15) is 0 Å². The fraction of sp³-hybridized carbons (Fsp3) is 0.520. The van der Waals surface area contributed by atoms with Gasteiger partial charge in [0.25, 0.3) is 0 Å². The largest absolute Gasteiger partial charge is 0.508 e. The molecule has 0 spiro atoms. The lowest BCUT2D eigenvalue weighted by molar-refractivity contribution is 0.357. The van der Waals surface area contributed by atoms with E-state index in [9.17, 15) is 10.2 Å². The number of phenols is 2. The lowest BCUT2D eigenvalue weighted by Gasteiger charge is -2.36. The van der Waals surface area contributed by atoms with E-state index in [1.807, 2.05) is 24.3 Å². The van der Waals surface area contributed by atoms with Crippen molar-refractivity contribution in [3.63, 3.8) is 0 Å². The van der Waals surface area contributed by atoms with Crippen molar-refractivity contribution in [2.75, 3.05) is 0 Å². The molecule has 1 aliphatic carbocycles. The van der Waals surface area contributed by atoms with Crippen molar-refractivity contribution >= 4 is 0 Å². The molecule has 0 aliphatic heterocycles. The Balaban J connectivity index is 2.02. The highest BCUT2D eigenvalue weighted by Crippen LogP contribution is 2.48. The average molecular weight is 367 g/mol. The monoisotopic (exact) mass is 366 g/mol. The van der Waals surface area contributed by atoms with E-state index in [0.717, 1.165) is 36.8 Å². The Morgan fingerprint density at radius 3 is 1.19 bits per heavy atom. The van der Waals surface area contributed by atoms with Crippen LogP contribution in [-0.2, 0) is 5.41 Å². The zero-order chi connectivity index (χ0) is 19.0. The third-order valence-corrected chi connectivity index (χ3v) is 6.30. The summed E-state index contributed by atoms with van der Waals surface area (Å²) >= 11 is 0. The Bertz CT molecular complexity index is 645. The smallest absolute Gasteiger partial charge is 0.119 e. The summed E-state index contributed by atoms with van der Waals surface area (Å²) in [7, 11) is 0. The van der Waals surface area contributed by atoms with Crippen LogP contribution >= 0.6 is 0 Å². The summed E-state index contributed by atoms with van der Waals surface area (Å²) in [6, 6.07) is 15.5. The van der Waals surface area contributed by atoms with Crippen LogP contribution in [0.2, 0.25) is 0 Å². The molecule has 2 nitrogen and oxygen atoms in total. The minimum atomic E-state index is -0.315. The number of benzene rings is 2. The summed E-state index contributed by atoms with van der Waals surface area (Å²) in [5.41, 5.74) is 1.63. The highest BCUT2D eigenvalue weighted by Gasteiger charge is 2.37. The van der Waals surface area contributed by atoms with Crippen molar-refractivity contribution in [2.45, 2.75) is 82.5 Å². The van der Waals surface area contributed by atoms with Gasteiger partial charge in [-0.1, -0.05) is 101 Å². The van der Waals surface area contributed by atoms with E-state index < -0.39 is 0 Å². The van der Waals surface area contributed by atoms with Crippen molar-refractivity contribution in [2.24, 2.45) is 0 Å². The van der Waals surface area contributed by atoms with Gasteiger partial charge in [0.1, 0.15) is 11.5 Å². The first-order chi connectivity index (χ1) is 13.2. The third-order valence-electron chi connectivity index (χ3n) is 6.30. The molecule has 1 saturated carbocycles. The quantitative estimate of drug-likeness (QED) is 0.596. The van der Waals surface area contributed by atoms with Crippen molar-refractivity contribution < 1.29 is 10.2 Å². The molecule has 27 heavy (non-hydrogen) atoms. The predicted molar refractivity (Wildman–Crippen MR) is 112 cm³/mol. The van der Waals surface area contributed by atoms with Gasteiger partial charge in [0.2, 0.25) is 0 Å². The first-order valence-corrected chi connectivity index (χ1v) is 10.8. The zero-order valence-corrected chi connectivity index (χ0v) is 16.5. The van der Waals surface area contributed by atoms with Crippen LogP contribution in [0.15, 0.2) is 48.5 Å². The lowest BCUT2D eigenvalue weighted by Crippen LogP contribution is -2.28. The second-order valence-electron chi connectivity index (χ2n) is 8.15. The van der Waals surface area contributed by atoms with Crippen molar-refractivity contribution in [3.8, 4) is 11.5 Å². The van der Waals surface area contributed by atoms with Gasteiger partial charge in [0.05, 0.1) is 0 Å². The number of aromatic hydroxyl groups is 2. The molecule has 0 heterocycles. The van der Waals surface area contributed by atoms with E-state index >= 15 is 0 Å². The summed E-state index contributed by atoms with van der Waals surface area (Å²) in [4.78, 5) is 0. The maximum Gasteiger partial charge on any atom is 0.119 e. The first kappa shape index (κ1) is 19.8. The van der Waals surface area contributed by atoms with E-state index in [1.165, 1.54) is 51.4 Å². The van der Waals surface area contributed by atoms with Crippen LogP contribution in [0.4, 0.5) is 0 Å². The van der Waals surface area contributed by atoms with E-state index in [0.29, 0.717) is 11.5 Å². The van der Waals surface area contributed by atoms with Gasteiger partial charge in [-0.05, 0) is 25.0 Å². The number of para-hydroxylation sites is 2. The van der Waals surface area contributed by atoms with Gasteiger partial charge in [0, 0.05) is 16.5 Å². The summed E-state index contributed by atoms with van der Waals surface area (Å²) < 4.78 is 0. The normalized spacial score (nSPS) is 19.4. The summed E-state index contributed by atoms with van der Waals surface area (Å²) in [6.45, 7) is 0. The topological polar surface area (TPSA) is 40.5 Å². The van der Waals surface area contributed by atoms with E-state index in [2.05, 4.69) is 12.1 Å². The molecule has 1 aliphatic rings. The summed E-state index contributed by atoms with van der Waals surface area (Å²) in [6.07, 6.45) is 14.6. The summed E-state index contributed by atoms with van der Waals surface area (Å²) in [5.74, 6) is 0.704. The third kappa shape index (κ3) is 4.86. The molecule has 1 fully saturated rings. The fourth-order valence-corrected chi connectivity index (χ4v) is 4.83. The van der Waals surface area contributed by atoms with E-state index in [1.54, 1.807) is 12.1 Å². The number of hydrogen-bond donors (Lipinski definition) is 2. The highest BCUT2D eigenvalue weighted by molar-refractivity contribution is 5.51. The van der Waals surface area contributed by atoms with Gasteiger partial charge in [-0.25, -0.2) is 0 Å². The fourth-order valence-electron chi connectivity index (χ4n) is 4.83. The van der Waals surface area contributed by atoms with Crippen LogP contribution in [0, 0.1) is 0 Å². The molecule has 0 amide bonds. The molecule has 2 N–H and O–H groups in total. The first-order valence-electron chi connectivity index (χ1n) is 10.8. The minimum Gasteiger partial charge on any atom is -0.508 e. The predicted octanol–water partition coefficient (Wildman–Crippen LogP) is 7.08. The second-order valence-corrected chi connectivity index (χ2v) is 8.15. The maximum absolute atomic E-state index is 10.7. The molecule has 146 valence electrons. The average Bonchev–Trinajstić information content (AvgIpc) is 2.70. The van der Waals surface area contributed by atoms with Crippen LogP contribution in [0.5, 0.6) is 11.5 Å². The van der Waals surface area contributed by atoms with Gasteiger partial charge in [-0.3, -0.25) is 0 Å².